The zero-order valence-corrected chi connectivity index (χ0v) is 48.4. The highest BCUT2D eigenvalue weighted by Gasteiger charge is 2.30. The Hall–Kier alpha value is -4.11. The maximum atomic E-state index is 13.5. The number of hydrogen-bond acceptors (Lipinski definition) is 6. The van der Waals surface area contributed by atoms with Gasteiger partial charge in [-0.25, -0.2) is 4.57 Å². The van der Waals surface area contributed by atoms with Crippen molar-refractivity contribution in [2.75, 3.05) is 40.9 Å². The minimum Gasteiger partial charge on any atom is -0.456 e. The van der Waals surface area contributed by atoms with Crippen molar-refractivity contribution in [3.8, 4) is 0 Å². The summed E-state index contributed by atoms with van der Waals surface area (Å²) in [6.07, 6.45) is 75.9. The van der Waals surface area contributed by atoms with Crippen LogP contribution in [0.25, 0.3) is 0 Å². The molecule has 0 heterocycles. The first kappa shape index (κ1) is 69.9. The van der Waals surface area contributed by atoms with Gasteiger partial charge in [0.1, 0.15) is 19.3 Å². The average Bonchev–Trinajstić information content (AvgIpc) is 3.36. The van der Waals surface area contributed by atoms with Crippen LogP contribution in [0, 0.1) is 0 Å². The zero-order valence-electron chi connectivity index (χ0n) is 47.5. The molecule has 0 saturated heterocycles. The molecule has 9 nitrogen and oxygen atoms in total. The smallest absolute Gasteiger partial charge is 0.456 e. The number of nitrogens with zero attached hydrogens (tertiary/aromatic N) is 1. The van der Waals surface area contributed by atoms with E-state index < -0.39 is 25.9 Å². The predicted octanol–water partition coefficient (Wildman–Crippen LogP) is 17.5. The summed E-state index contributed by atoms with van der Waals surface area (Å²) in [5, 5.41) is 2.99. The van der Waals surface area contributed by atoms with Gasteiger partial charge in [0, 0.05) is 12.8 Å². The van der Waals surface area contributed by atoms with Crippen molar-refractivity contribution in [3.05, 3.63) is 146 Å². The molecule has 0 aromatic rings. The summed E-state index contributed by atoms with van der Waals surface area (Å²) in [7, 11) is 1.40. The number of rotatable bonds is 49. The van der Waals surface area contributed by atoms with E-state index >= 15 is 0 Å². The van der Waals surface area contributed by atoms with E-state index in [2.05, 4.69) is 148 Å². The van der Waals surface area contributed by atoms with Gasteiger partial charge in [-0.1, -0.05) is 218 Å². The molecule has 0 rings (SSSR count). The first-order chi connectivity index (χ1) is 35.9. The molecule has 0 aromatic heterocycles. The van der Waals surface area contributed by atoms with Gasteiger partial charge in [0.15, 0.2) is 0 Å². The number of carbonyl (C=O) groups excluding carboxylic acids is 2. The number of phosphoric ester groups is 1. The van der Waals surface area contributed by atoms with E-state index in [-0.39, 0.29) is 32.0 Å². The lowest BCUT2D eigenvalue weighted by molar-refractivity contribution is -0.870. The van der Waals surface area contributed by atoms with Crippen LogP contribution in [0.4, 0.5) is 0 Å². The Bertz CT molecular complexity index is 1770. The molecular weight excluding hydrogens is 940 g/mol. The normalized spacial score (nSPS) is 14.9. The molecule has 0 fully saturated rings. The lowest BCUT2D eigenvalue weighted by atomic mass is 10.1. The Morgan fingerprint density at radius 2 is 0.878 bits per heavy atom. The van der Waals surface area contributed by atoms with Gasteiger partial charge in [0.05, 0.1) is 33.8 Å². The molecule has 0 aliphatic heterocycles. The van der Waals surface area contributed by atoms with Crippen molar-refractivity contribution in [1.29, 1.82) is 0 Å². The van der Waals surface area contributed by atoms with Gasteiger partial charge in [-0.05, 0) is 109 Å². The number of amides is 1. The lowest BCUT2D eigenvalue weighted by Gasteiger charge is -2.27. The van der Waals surface area contributed by atoms with Crippen molar-refractivity contribution in [2.45, 2.75) is 206 Å². The van der Waals surface area contributed by atoms with Gasteiger partial charge in [0.25, 0.3) is 0 Å². The zero-order chi connectivity index (χ0) is 54.3. The number of allylic oxidation sites excluding steroid dienone is 23. The fourth-order valence-corrected chi connectivity index (χ4v) is 7.91. The molecule has 1 amide bonds. The summed E-state index contributed by atoms with van der Waals surface area (Å²) in [5.41, 5.74) is 0. The van der Waals surface area contributed by atoms with Crippen LogP contribution in [0.2, 0.25) is 0 Å². The number of carbonyl (C=O) groups is 2. The minimum absolute atomic E-state index is 0.00980. The van der Waals surface area contributed by atoms with Crippen molar-refractivity contribution < 1.29 is 37.3 Å². The van der Waals surface area contributed by atoms with Gasteiger partial charge >= 0.3 is 13.8 Å². The minimum atomic E-state index is -4.49. The van der Waals surface area contributed by atoms with E-state index in [0.717, 1.165) is 96.3 Å². The van der Waals surface area contributed by atoms with Gasteiger partial charge < -0.3 is 19.4 Å². The maximum absolute atomic E-state index is 13.5. The molecule has 0 saturated carbocycles. The number of hydrogen-bond donors (Lipinski definition) is 2. The van der Waals surface area contributed by atoms with Crippen molar-refractivity contribution in [3.63, 3.8) is 0 Å². The molecule has 74 heavy (non-hydrogen) atoms. The van der Waals surface area contributed by atoms with Crippen LogP contribution in [0.15, 0.2) is 146 Å². The number of quaternary nitrogens is 1. The molecular formula is C64H106N2O7P+. The van der Waals surface area contributed by atoms with E-state index in [1.54, 1.807) is 6.08 Å². The number of unbranched alkanes of at least 4 members (excludes halogenated alkanes) is 11. The highest BCUT2D eigenvalue weighted by molar-refractivity contribution is 7.47. The van der Waals surface area contributed by atoms with E-state index in [0.29, 0.717) is 23.9 Å². The Morgan fingerprint density at radius 3 is 1.31 bits per heavy atom. The van der Waals surface area contributed by atoms with Crippen molar-refractivity contribution in [1.82, 2.24) is 5.32 Å². The highest BCUT2D eigenvalue weighted by Crippen LogP contribution is 2.43. The van der Waals surface area contributed by atoms with E-state index in [1.807, 2.05) is 39.4 Å². The van der Waals surface area contributed by atoms with Crippen LogP contribution in [0.5, 0.6) is 0 Å². The Balaban J connectivity index is 5.58. The number of nitrogens with one attached hydrogen (secondary N) is 1. The van der Waals surface area contributed by atoms with Crippen LogP contribution in [0.3, 0.4) is 0 Å². The van der Waals surface area contributed by atoms with Gasteiger partial charge in [-0.2, -0.15) is 0 Å². The summed E-state index contributed by atoms with van der Waals surface area (Å²) >= 11 is 0. The Labute approximate surface area is 453 Å². The van der Waals surface area contributed by atoms with Crippen LogP contribution in [-0.2, 0) is 27.9 Å². The maximum Gasteiger partial charge on any atom is 0.472 e. The molecule has 0 spiro atoms. The molecule has 10 heteroatoms. The standard InChI is InChI=1S/C64H105N2O7P/c1-7-10-13-16-19-22-25-28-30-32-33-35-37-39-42-45-48-51-54-57-64(68)73-62(55-52-49-46-43-40-27-24-21-18-15-12-9-3)61(60-72-74(69,70)71-59-58-66(4,5)6)65-63(67)56-53-50-47-44-41-38-36-34-31-29-26-23-20-17-14-11-8-2/h10-11,13-14,19-20,22-23,28-31,33,35-36,38-39,42,44,47-48,51-52,55,61-62H,7-9,12,15-18,21,24-27,32,34,37,40-41,43,45-46,49-50,53-54,56-60H2,1-6H3,(H-,65,67,69,70)/p+1/b13-10-,14-11-,22-19-,23-20-,30-28-,31-29-,35-33-,38-36-,42-39-,47-44-,51-48-,55-52+. The van der Waals surface area contributed by atoms with E-state index in [9.17, 15) is 19.0 Å². The van der Waals surface area contributed by atoms with Crippen LogP contribution < -0.4 is 5.32 Å². The summed E-state index contributed by atoms with van der Waals surface area (Å²) in [5.74, 6) is -0.686. The van der Waals surface area contributed by atoms with Gasteiger partial charge in [0.2, 0.25) is 5.91 Å². The summed E-state index contributed by atoms with van der Waals surface area (Å²) in [4.78, 5) is 37.5. The first-order valence-corrected chi connectivity index (χ1v) is 30.2. The van der Waals surface area contributed by atoms with Gasteiger partial charge in [-0.3, -0.25) is 18.6 Å². The number of esters is 1. The second-order valence-corrected chi connectivity index (χ2v) is 21.1. The second-order valence-electron chi connectivity index (χ2n) is 19.7. The second kappa shape index (κ2) is 52.3. The third-order valence-electron chi connectivity index (χ3n) is 11.5. The van der Waals surface area contributed by atoms with E-state index in [4.69, 9.17) is 13.8 Å². The van der Waals surface area contributed by atoms with Crippen molar-refractivity contribution in [2.24, 2.45) is 0 Å². The topological polar surface area (TPSA) is 111 Å². The summed E-state index contributed by atoms with van der Waals surface area (Å²) in [6, 6.07) is -0.919. The molecule has 0 radical (unpaired) electrons. The largest absolute Gasteiger partial charge is 0.472 e. The van der Waals surface area contributed by atoms with Crippen LogP contribution in [0.1, 0.15) is 194 Å². The average molecular weight is 1050 g/mol. The predicted molar refractivity (Wildman–Crippen MR) is 318 cm³/mol. The third-order valence-corrected chi connectivity index (χ3v) is 12.5. The van der Waals surface area contributed by atoms with Crippen LogP contribution >= 0.6 is 7.82 Å². The monoisotopic (exact) mass is 1050 g/mol. The molecule has 3 atom stereocenters. The Kier molecular flexibility index (Phi) is 49.4. The van der Waals surface area contributed by atoms with Crippen LogP contribution in [-0.4, -0.2) is 74.3 Å². The molecule has 3 unspecified atom stereocenters. The van der Waals surface area contributed by atoms with Gasteiger partial charge in [-0.15, -0.1) is 0 Å². The molecule has 2 N–H and O–H groups in total. The fraction of sp³-hybridized carbons (Fsp3) is 0.594. The summed E-state index contributed by atoms with van der Waals surface area (Å²) < 4.78 is 30.5. The molecule has 418 valence electrons. The number of ether oxygens (including phenoxy) is 1. The Morgan fingerprint density at radius 1 is 0.486 bits per heavy atom. The first-order valence-electron chi connectivity index (χ1n) is 28.7. The quantitative estimate of drug-likeness (QED) is 0.0205. The molecule has 0 aliphatic rings. The lowest BCUT2D eigenvalue weighted by Crippen LogP contribution is -2.47. The number of phosphoric acid groups is 1. The van der Waals surface area contributed by atoms with E-state index in [1.165, 1.54) is 51.4 Å². The SMILES string of the molecule is CC/C=C\C/C=C\C/C=C\C/C=C\C/C=C\C/C=C\CCC(=O)OC(/C=C/CCCCCCCCCCCC)C(COP(=O)(O)OCC[N+](C)(C)C)NC(=O)CCC/C=C\C/C=C\C/C=C\C/C=C\C/C=C\CC. The number of likely N-dealkylation sites (N-methyl/N-ethyl adjacent to an activating group) is 1. The molecule has 0 aliphatic carbocycles. The van der Waals surface area contributed by atoms with Crippen molar-refractivity contribution >= 4 is 19.7 Å². The summed E-state index contributed by atoms with van der Waals surface area (Å²) in [6.45, 7) is 6.65. The highest BCUT2D eigenvalue weighted by atomic mass is 31.2. The molecule has 0 bridgehead atoms. The molecule has 0 aromatic carbocycles. The fourth-order valence-electron chi connectivity index (χ4n) is 7.18. The third kappa shape index (κ3) is 52.7.